The molecule has 1 aliphatic heterocycles. The quantitative estimate of drug-likeness (QED) is 0.473. The Balaban J connectivity index is 1.42. The van der Waals surface area contributed by atoms with E-state index >= 15 is 0 Å². The molecule has 9 heteroatoms. The minimum absolute atomic E-state index is 0.248. The summed E-state index contributed by atoms with van der Waals surface area (Å²) in [4.78, 5) is 26.4. The SMILES string of the molecule is CC(C)(C)OC(=O)N1CCC(c2ccc(Nc3cnn(-c4ccc(CN)cc4)c3C(N)=O)cc2)CC1. The highest BCUT2D eigenvalue weighted by atomic mass is 16.6. The van der Waals surface area contributed by atoms with Gasteiger partial charge in [-0.15, -0.1) is 0 Å². The van der Waals surface area contributed by atoms with Gasteiger partial charge in [-0.05, 0) is 74.9 Å². The van der Waals surface area contributed by atoms with E-state index in [9.17, 15) is 9.59 Å². The van der Waals surface area contributed by atoms with Crippen LogP contribution >= 0.6 is 0 Å². The number of hydrogen-bond donors (Lipinski definition) is 3. The summed E-state index contributed by atoms with van der Waals surface area (Å²) in [6, 6.07) is 15.6. The van der Waals surface area contributed by atoms with Crippen molar-refractivity contribution in [3.05, 3.63) is 71.5 Å². The van der Waals surface area contributed by atoms with Crippen molar-refractivity contribution in [1.29, 1.82) is 0 Å². The molecule has 0 atom stereocenters. The largest absolute Gasteiger partial charge is 0.444 e. The first-order valence-electron chi connectivity index (χ1n) is 12.2. The molecule has 1 fully saturated rings. The average Bonchev–Trinajstić information content (AvgIpc) is 3.27. The Bertz CT molecular complexity index is 1200. The molecule has 2 aromatic carbocycles. The van der Waals surface area contributed by atoms with Crippen LogP contribution in [0.3, 0.4) is 0 Å². The molecule has 190 valence electrons. The van der Waals surface area contributed by atoms with Gasteiger partial charge in [0.1, 0.15) is 5.60 Å². The fraction of sp³-hybridized carbons (Fsp3) is 0.370. The van der Waals surface area contributed by atoms with E-state index in [0.717, 1.165) is 29.8 Å². The fourth-order valence-electron chi connectivity index (χ4n) is 4.36. The number of nitrogens with zero attached hydrogens (tertiary/aromatic N) is 3. The highest BCUT2D eigenvalue weighted by Crippen LogP contribution is 2.31. The van der Waals surface area contributed by atoms with E-state index in [1.807, 2.05) is 57.2 Å². The van der Waals surface area contributed by atoms with Crippen LogP contribution in [0.5, 0.6) is 0 Å². The van der Waals surface area contributed by atoms with Crippen molar-refractivity contribution < 1.29 is 14.3 Å². The molecule has 0 bridgehead atoms. The topological polar surface area (TPSA) is 128 Å². The molecule has 5 N–H and O–H groups in total. The fourth-order valence-corrected chi connectivity index (χ4v) is 4.36. The predicted molar refractivity (Wildman–Crippen MR) is 139 cm³/mol. The number of nitrogens with one attached hydrogen (secondary N) is 1. The summed E-state index contributed by atoms with van der Waals surface area (Å²) in [5.74, 6) is -0.204. The zero-order chi connectivity index (χ0) is 25.9. The molecule has 1 saturated heterocycles. The van der Waals surface area contributed by atoms with E-state index in [1.54, 1.807) is 11.1 Å². The third kappa shape index (κ3) is 5.85. The minimum atomic E-state index is -0.578. The Hall–Kier alpha value is -3.85. The zero-order valence-corrected chi connectivity index (χ0v) is 21.0. The number of benzene rings is 2. The number of ether oxygens (including phenoxy) is 1. The summed E-state index contributed by atoms with van der Waals surface area (Å²) in [5.41, 5.74) is 15.4. The van der Waals surface area contributed by atoms with Crippen LogP contribution < -0.4 is 16.8 Å². The molecule has 0 unspecified atom stereocenters. The minimum Gasteiger partial charge on any atom is -0.444 e. The maximum absolute atomic E-state index is 12.3. The molecular weight excluding hydrogens is 456 g/mol. The van der Waals surface area contributed by atoms with Crippen LogP contribution in [0.2, 0.25) is 0 Å². The Morgan fingerprint density at radius 2 is 1.69 bits per heavy atom. The summed E-state index contributed by atoms with van der Waals surface area (Å²) in [6.07, 6.45) is 3.11. The first-order chi connectivity index (χ1) is 17.1. The molecule has 2 heterocycles. The van der Waals surface area contributed by atoms with E-state index in [0.29, 0.717) is 31.2 Å². The number of carbonyl (C=O) groups excluding carboxylic acids is 2. The van der Waals surface area contributed by atoms with Crippen LogP contribution in [0.1, 0.15) is 61.1 Å². The Kier molecular flexibility index (Phi) is 7.30. The van der Waals surface area contributed by atoms with Crippen molar-refractivity contribution in [3.63, 3.8) is 0 Å². The second kappa shape index (κ2) is 10.4. The van der Waals surface area contributed by atoms with Crippen LogP contribution in [-0.4, -0.2) is 45.4 Å². The Morgan fingerprint density at radius 3 is 2.25 bits per heavy atom. The highest BCUT2D eigenvalue weighted by Gasteiger charge is 2.27. The van der Waals surface area contributed by atoms with E-state index in [2.05, 4.69) is 22.5 Å². The molecule has 2 amide bonds. The van der Waals surface area contributed by atoms with Gasteiger partial charge in [0, 0.05) is 25.3 Å². The number of amides is 2. The van der Waals surface area contributed by atoms with E-state index in [-0.39, 0.29) is 11.8 Å². The van der Waals surface area contributed by atoms with Gasteiger partial charge in [0.2, 0.25) is 0 Å². The van der Waals surface area contributed by atoms with Gasteiger partial charge >= 0.3 is 6.09 Å². The molecular formula is C27H34N6O3. The van der Waals surface area contributed by atoms with Crippen molar-refractivity contribution in [3.8, 4) is 5.69 Å². The van der Waals surface area contributed by atoms with Crippen molar-refractivity contribution in [1.82, 2.24) is 14.7 Å². The smallest absolute Gasteiger partial charge is 0.410 e. The molecule has 36 heavy (non-hydrogen) atoms. The predicted octanol–water partition coefficient (Wildman–Crippen LogP) is 4.29. The average molecular weight is 491 g/mol. The second-order valence-corrected chi connectivity index (χ2v) is 10.0. The van der Waals surface area contributed by atoms with Crippen molar-refractivity contribution in [2.24, 2.45) is 11.5 Å². The third-order valence-corrected chi connectivity index (χ3v) is 6.23. The maximum Gasteiger partial charge on any atom is 0.410 e. The lowest BCUT2D eigenvalue weighted by atomic mass is 9.89. The van der Waals surface area contributed by atoms with E-state index < -0.39 is 11.5 Å². The first kappa shape index (κ1) is 25.2. The van der Waals surface area contributed by atoms with Crippen molar-refractivity contribution in [2.75, 3.05) is 18.4 Å². The number of rotatable bonds is 6. The summed E-state index contributed by atoms with van der Waals surface area (Å²) >= 11 is 0. The highest BCUT2D eigenvalue weighted by molar-refractivity contribution is 5.98. The van der Waals surface area contributed by atoms with Crippen LogP contribution in [0.15, 0.2) is 54.7 Å². The van der Waals surface area contributed by atoms with Gasteiger partial charge in [-0.1, -0.05) is 24.3 Å². The van der Waals surface area contributed by atoms with Gasteiger partial charge < -0.3 is 26.4 Å². The van der Waals surface area contributed by atoms with Crippen LogP contribution in [0.4, 0.5) is 16.2 Å². The normalized spacial score (nSPS) is 14.5. The number of primary amides is 1. The number of hydrogen-bond acceptors (Lipinski definition) is 6. The van der Waals surface area contributed by atoms with Gasteiger partial charge in [-0.2, -0.15) is 5.10 Å². The lowest BCUT2D eigenvalue weighted by molar-refractivity contribution is 0.0204. The van der Waals surface area contributed by atoms with Gasteiger partial charge in [-0.25, -0.2) is 9.48 Å². The van der Waals surface area contributed by atoms with Crippen LogP contribution in [0, 0.1) is 0 Å². The number of piperidine rings is 1. The second-order valence-electron chi connectivity index (χ2n) is 10.0. The van der Waals surface area contributed by atoms with Crippen molar-refractivity contribution >= 4 is 23.4 Å². The third-order valence-electron chi connectivity index (χ3n) is 6.23. The molecule has 4 rings (SSSR count). The standard InChI is InChI=1S/C27H34N6O3/c1-27(2,3)36-26(35)32-14-12-20(13-15-32)19-6-8-21(9-7-19)31-23-17-30-33(24(23)25(29)34)22-10-4-18(16-28)5-11-22/h4-11,17,20,31H,12-16,28H2,1-3H3,(H2,29,34). The number of anilines is 2. The first-order valence-corrected chi connectivity index (χ1v) is 12.2. The van der Waals surface area contributed by atoms with Crippen molar-refractivity contribution in [2.45, 2.75) is 51.7 Å². The molecule has 1 aliphatic rings. The molecule has 0 aliphatic carbocycles. The summed E-state index contributed by atoms with van der Waals surface area (Å²) in [5, 5.41) is 7.64. The summed E-state index contributed by atoms with van der Waals surface area (Å²) in [6.45, 7) is 7.42. The van der Waals surface area contributed by atoms with E-state index in [4.69, 9.17) is 16.2 Å². The molecule has 9 nitrogen and oxygen atoms in total. The Morgan fingerprint density at radius 1 is 1.06 bits per heavy atom. The summed E-state index contributed by atoms with van der Waals surface area (Å²) < 4.78 is 7.02. The zero-order valence-electron chi connectivity index (χ0n) is 21.0. The Labute approximate surface area is 211 Å². The van der Waals surface area contributed by atoms with Crippen LogP contribution in [-0.2, 0) is 11.3 Å². The van der Waals surface area contributed by atoms with Gasteiger partial charge in [-0.3, -0.25) is 4.79 Å². The molecule has 0 saturated carbocycles. The number of nitrogens with two attached hydrogens (primary N) is 2. The number of likely N-dealkylation sites (tertiary alicyclic amines) is 1. The lowest BCUT2D eigenvalue weighted by Crippen LogP contribution is -2.41. The summed E-state index contributed by atoms with van der Waals surface area (Å²) in [7, 11) is 0. The number of carbonyl (C=O) groups is 2. The van der Waals surface area contributed by atoms with Gasteiger partial charge in [0.15, 0.2) is 5.69 Å². The molecule has 0 radical (unpaired) electrons. The van der Waals surface area contributed by atoms with Gasteiger partial charge in [0.25, 0.3) is 5.91 Å². The molecule has 3 aromatic rings. The van der Waals surface area contributed by atoms with Gasteiger partial charge in [0.05, 0.1) is 17.6 Å². The monoisotopic (exact) mass is 490 g/mol. The molecule has 0 spiro atoms. The van der Waals surface area contributed by atoms with E-state index in [1.165, 1.54) is 10.2 Å². The lowest BCUT2D eigenvalue weighted by Gasteiger charge is -2.33. The molecule has 1 aromatic heterocycles. The van der Waals surface area contributed by atoms with Crippen LogP contribution in [0.25, 0.3) is 5.69 Å². The number of aromatic nitrogens is 2. The maximum atomic E-state index is 12.3.